The van der Waals surface area contributed by atoms with Crippen molar-refractivity contribution >= 4 is 35.0 Å². The quantitative estimate of drug-likeness (QED) is 0.732. The molecule has 0 atom stereocenters. The van der Waals surface area contributed by atoms with E-state index in [4.69, 9.17) is 4.42 Å². The number of benzene rings is 1. The number of piperazine rings is 1. The largest absolute Gasteiger partial charge is 0.423 e. The van der Waals surface area contributed by atoms with E-state index in [1.807, 2.05) is 23.1 Å². The van der Waals surface area contributed by atoms with E-state index < -0.39 is 0 Å². The molecule has 1 aliphatic heterocycles. The van der Waals surface area contributed by atoms with Gasteiger partial charge in [0, 0.05) is 57.1 Å². The summed E-state index contributed by atoms with van der Waals surface area (Å²) < 4.78 is 5.22. The van der Waals surface area contributed by atoms with Crippen LogP contribution >= 0.6 is 12.4 Å². The van der Waals surface area contributed by atoms with E-state index in [0.29, 0.717) is 12.0 Å². The number of rotatable bonds is 7. The molecule has 1 saturated heterocycles. The van der Waals surface area contributed by atoms with Gasteiger partial charge in [-0.25, -0.2) is 4.79 Å². The first kappa shape index (κ1) is 21.3. The topological polar surface area (TPSA) is 65.8 Å². The number of fused-ring (bicyclic) bond motifs is 1. The number of carbonyl (C=O) groups is 1. The molecule has 1 aromatic heterocycles. The summed E-state index contributed by atoms with van der Waals surface area (Å²) in [5.41, 5.74) is 1.07. The van der Waals surface area contributed by atoms with Gasteiger partial charge in [-0.1, -0.05) is 25.5 Å². The van der Waals surface area contributed by atoms with Crippen molar-refractivity contribution in [3.63, 3.8) is 0 Å². The first-order valence-electron chi connectivity index (χ1n) is 9.44. The van der Waals surface area contributed by atoms with Gasteiger partial charge in [-0.2, -0.15) is 0 Å². The van der Waals surface area contributed by atoms with Gasteiger partial charge in [0.1, 0.15) is 5.58 Å². The smallest absolute Gasteiger partial charge is 0.338 e. The molecule has 1 amide bonds. The number of anilines is 1. The average Bonchev–Trinajstić information content (AvgIpc) is 2.66. The van der Waals surface area contributed by atoms with E-state index >= 15 is 0 Å². The minimum atomic E-state index is -0.342. The van der Waals surface area contributed by atoms with Crippen molar-refractivity contribution in [2.75, 3.05) is 44.6 Å². The van der Waals surface area contributed by atoms with Gasteiger partial charge < -0.3 is 14.6 Å². The molecular weight excluding hydrogens is 366 g/mol. The Morgan fingerprint density at radius 3 is 2.67 bits per heavy atom. The van der Waals surface area contributed by atoms with Crippen LogP contribution in [0.2, 0.25) is 0 Å². The Balaban J connectivity index is 0.00000261. The molecule has 2 aromatic rings. The monoisotopic (exact) mass is 393 g/mol. The lowest BCUT2D eigenvalue weighted by Gasteiger charge is -2.34. The fraction of sp³-hybridized carbons (Fsp3) is 0.500. The summed E-state index contributed by atoms with van der Waals surface area (Å²) in [6.45, 7) is 7.15. The van der Waals surface area contributed by atoms with Crippen LogP contribution < -0.4 is 10.9 Å². The first-order valence-corrected chi connectivity index (χ1v) is 9.44. The van der Waals surface area contributed by atoms with Crippen LogP contribution in [0.4, 0.5) is 5.69 Å². The normalized spacial score (nSPS) is 14.8. The summed E-state index contributed by atoms with van der Waals surface area (Å²) in [4.78, 5) is 28.1. The zero-order valence-corrected chi connectivity index (χ0v) is 16.6. The Labute approximate surface area is 165 Å². The highest BCUT2D eigenvalue weighted by atomic mass is 35.5. The Morgan fingerprint density at radius 1 is 1.19 bits per heavy atom. The minimum absolute atomic E-state index is 0. The van der Waals surface area contributed by atoms with Crippen LogP contribution in [0.25, 0.3) is 11.0 Å². The van der Waals surface area contributed by atoms with Crippen molar-refractivity contribution in [3.05, 3.63) is 40.8 Å². The van der Waals surface area contributed by atoms with Crippen LogP contribution in [-0.4, -0.2) is 55.0 Å². The number of unbranched alkanes of at least 4 members (excludes halogenated alkanes) is 1. The molecule has 1 aromatic carbocycles. The van der Waals surface area contributed by atoms with Crippen LogP contribution in [0.3, 0.4) is 0 Å². The van der Waals surface area contributed by atoms with E-state index in [1.54, 1.807) is 6.07 Å². The maximum Gasteiger partial charge on any atom is 0.338 e. The zero-order chi connectivity index (χ0) is 18.4. The fourth-order valence-corrected chi connectivity index (χ4v) is 3.31. The molecule has 1 fully saturated rings. The lowest BCUT2D eigenvalue weighted by molar-refractivity contribution is -0.133. The molecule has 0 bridgehead atoms. The number of carbonyl (C=O) groups excluding carboxylic acids is 1. The predicted molar refractivity (Wildman–Crippen MR) is 111 cm³/mol. The Hall–Kier alpha value is -2.05. The van der Waals surface area contributed by atoms with Gasteiger partial charge >= 0.3 is 5.63 Å². The number of amides is 1. The van der Waals surface area contributed by atoms with Gasteiger partial charge in [0.15, 0.2) is 0 Å². The van der Waals surface area contributed by atoms with Crippen LogP contribution in [0.15, 0.2) is 39.5 Å². The third-order valence-electron chi connectivity index (χ3n) is 4.86. The van der Waals surface area contributed by atoms with Crippen molar-refractivity contribution < 1.29 is 9.21 Å². The molecular formula is C20H28ClN3O3. The molecule has 2 heterocycles. The molecule has 1 aliphatic rings. The van der Waals surface area contributed by atoms with Crippen LogP contribution in [0.5, 0.6) is 0 Å². The van der Waals surface area contributed by atoms with Gasteiger partial charge in [-0.3, -0.25) is 9.69 Å². The summed E-state index contributed by atoms with van der Waals surface area (Å²) in [7, 11) is 0. The van der Waals surface area contributed by atoms with E-state index in [9.17, 15) is 9.59 Å². The minimum Gasteiger partial charge on any atom is -0.423 e. The molecule has 0 radical (unpaired) electrons. The number of para-hydroxylation sites is 1. The van der Waals surface area contributed by atoms with Crippen molar-refractivity contribution in [3.8, 4) is 0 Å². The molecule has 0 spiro atoms. The van der Waals surface area contributed by atoms with E-state index in [1.165, 1.54) is 6.07 Å². The summed E-state index contributed by atoms with van der Waals surface area (Å²) in [5, 5.41) is 4.27. The molecule has 0 aliphatic carbocycles. The molecule has 0 saturated carbocycles. The summed E-state index contributed by atoms with van der Waals surface area (Å²) >= 11 is 0. The van der Waals surface area contributed by atoms with Gasteiger partial charge in [0.05, 0.1) is 5.69 Å². The molecule has 148 valence electrons. The van der Waals surface area contributed by atoms with Crippen molar-refractivity contribution in [1.29, 1.82) is 0 Å². The molecule has 1 N–H and O–H groups in total. The molecule has 3 rings (SSSR count). The Bertz CT molecular complexity index is 800. The number of nitrogens with one attached hydrogen (secondary N) is 1. The number of hydrogen-bond donors (Lipinski definition) is 1. The molecule has 6 nitrogen and oxygen atoms in total. The maximum atomic E-state index is 12.1. The van der Waals surface area contributed by atoms with E-state index in [0.717, 1.165) is 63.2 Å². The fourth-order valence-electron chi connectivity index (χ4n) is 3.31. The third kappa shape index (κ3) is 5.71. The standard InChI is InChI=1S/C20H27N3O3.ClH/c1-2-3-8-19(24)23-13-11-22(12-14-23)10-9-21-17-15-20(25)26-18-7-5-4-6-16(17)18;/h4-7,15,21H,2-3,8-14H2,1H3;1H. The molecule has 27 heavy (non-hydrogen) atoms. The van der Waals surface area contributed by atoms with Gasteiger partial charge in [-0.15, -0.1) is 12.4 Å². The zero-order valence-electron chi connectivity index (χ0n) is 15.8. The van der Waals surface area contributed by atoms with Gasteiger partial charge in [0.25, 0.3) is 0 Å². The highest BCUT2D eigenvalue weighted by Gasteiger charge is 2.20. The third-order valence-corrected chi connectivity index (χ3v) is 4.86. The average molecular weight is 394 g/mol. The molecule has 7 heteroatoms. The SMILES string of the molecule is CCCCC(=O)N1CCN(CCNc2cc(=O)oc3ccccc23)CC1.Cl. The summed E-state index contributed by atoms with van der Waals surface area (Å²) in [6, 6.07) is 9.04. The first-order chi connectivity index (χ1) is 12.7. The number of nitrogens with zero attached hydrogens (tertiary/aromatic N) is 2. The van der Waals surface area contributed by atoms with Crippen LogP contribution in [0, 0.1) is 0 Å². The van der Waals surface area contributed by atoms with Crippen molar-refractivity contribution in [2.45, 2.75) is 26.2 Å². The lowest BCUT2D eigenvalue weighted by Crippen LogP contribution is -2.49. The highest BCUT2D eigenvalue weighted by molar-refractivity contribution is 5.89. The second kappa shape index (κ2) is 10.3. The summed E-state index contributed by atoms with van der Waals surface area (Å²) in [5.74, 6) is 0.284. The van der Waals surface area contributed by atoms with Crippen molar-refractivity contribution in [1.82, 2.24) is 9.80 Å². The Morgan fingerprint density at radius 2 is 1.93 bits per heavy atom. The maximum absolute atomic E-state index is 12.1. The van der Waals surface area contributed by atoms with E-state index in [-0.39, 0.29) is 23.9 Å². The Kier molecular flexibility index (Phi) is 8.13. The number of hydrogen-bond acceptors (Lipinski definition) is 5. The molecule has 0 unspecified atom stereocenters. The number of halogens is 1. The highest BCUT2D eigenvalue weighted by Crippen LogP contribution is 2.20. The second-order valence-corrected chi connectivity index (χ2v) is 6.73. The van der Waals surface area contributed by atoms with Gasteiger partial charge in [-0.05, 0) is 18.6 Å². The summed E-state index contributed by atoms with van der Waals surface area (Å²) in [6.07, 6.45) is 2.70. The second-order valence-electron chi connectivity index (χ2n) is 6.73. The predicted octanol–water partition coefficient (Wildman–Crippen LogP) is 2.96. The lowest BCUT2D eigenvalue weighted by atomic mass is 10.2. The van der Waals surface area contributed by atoms with Crippen LogP contribution in [0.1, 0.15) is 26.2 Å². The van der Waals surface area contributed by atoms with Gasteiger partial charge in [0.2, 0.25) is 5.91 Å². The van der Waals surface area contributed by atoms with Crippen molar-refractivity contribution in [2.24, 2.45) is 0 Å². The van der Waals surface area contributed by atoms with Crippen LogP contribution in [-0.2, 0) is 4.79 Å². The van der Waals surface area contributed by atoms with E-state index in [2.05, 4.69) is 17.1 Å².